The largest absolute Gasteiger partial charge is 0.477 e. The quantitative estimate of drug-likeness (QED) is 0.635. The van der Waals surface area contributed by atoms with Gasteiger partial charge in [-0.3, -0.25) is 9.59 Å². The fourth-order valence-corrected chi connectivity index (χ4v) is 3.89. The summed E-state index contributed by atoms with van der Waals surface area (Å²) in [6, 6.07) is 0.201. The van der Waals surface area contributed by atoms with Crippen LogP contribution in [0.4, 0.5) is 0 Å². The fourth-order valence-electron chi connectivity index (χ4n) is 3.89. The number of hydrogen-bond donors (Lipinski definition) is 2. The average Bonchev–Trinajstić information content (AvgIpc) is 3.07. The van der Waals surface area contributed by atoms with Gasteiger partial charge >= 0.3 is 0 Å². The van der Waals surface area contributed by atoms with Crippen LogP contribution in [0.2, 0.25) is 0 Å². The number of carbonyl (C=O) groups excluding carboxylic acids is 2. The van der Waals surface area contributed by atoms with Crippen LogP contribution in [0.5, 0.6) is 5.88 Å². The van der Waals surface area contributed by atoms with Crippen LogP contribution in [0, 0.1) is 11.8 Å². The zero-order valence-corrected chi connectivity index (χ0v) is 19.3. The lowest BCUT2D eigenvalue weighted by Crippen LogP contribution is -2.42. The van der Waals surface area contributed by atoms with Gasteiger partial charge in [0.15, 0.2) is 0 Å². The van der Waals surface area contributed by atoms with E-state index in [9.17, 15) is 9.59 Å². The minimum absolute atomic E-state index is 0.112. The van der Waals surface area contributed by atoms with E-state index in [4.69, 9.17) is 4.74 Å². The maximum absolute atomic E-state index is 13.1. The van der Waals surface area contributed by atoms with Gasteiger partial charge in [0.2, 0.25) is 11.8 Å². The van der Waals surface area contributed by atoms with E-state index in [1.165, 1.54) is 19.8 Å². The highest BCUT2D eigenvalue weighted by Gasteiger charge is 2.28. The zero-order chi connectivity index (χ0) is 22.3. The van der Waals surface area contributed by atoms with Gasteiger partial charge in [-0.1, -0.05) is 40.0 Å². The highest BCUT2D eigenvalue weighted by Crippen LogP contribution is 2.28. The molecule has 1 aromatic heterocycles. The van der Waals surface area contributed by atoms with Gasteiger partial charge in [0.05, 0.1) is 18.3 Å². The molecule has 2 atom stereocenters. The molecular weight excluding hydrogens is 380 g/mol. The van der Waals surface area contributed by atoms with E-state index >= 15 is 0 Å². The monoisotopic (exact) mass is 418 g/mol. The van der Waals surface area contributed by atoms with E-state index in [-0.39, 0.29) is 17.9 Å². The molecule has 0 aliphatic heterocycles. The van der Waals surface area contributed by atoms with Crippen LogP contribution in [0.15, 0.2) is 12.3 Å². The van der Waals surface area contributed by atoms with E-state index in [0.29, 0.717) is 29.9 Å². The van der Waals surface area contributed by atoms with Crippen LogP contribution < -0.4 is 15.4 Å². The van der Waals surface area contributed by atoms with E-state index in [0.717, 1.165) is 19.3 Å². The van der Waals surface area contributed by atoms with Crippen molar-refractivity contribution in [2.24, 2.45) is 11.8 Å². The maximum Gasteiger partial charge on any atom is 0.258 e. The standard InChI is InChI=1S/C23H38N4O3/c1-7-18-10-8-9-11-20(18)25-21(29)19-14-24-27(22(19)30-15-16(2)3)13-12-23(5,6)26-17(4)28/h12-14,16,18,20H,7-11,15H2,1-6H3,(H,25,29)(H,26,28)/b13-12+/t18?,20-/m0/s1. The van der Waals surface area contributed by atoms with Crippen LogP contribution in [0.3, 0.4) is 0 Å². The molecule has 2 amide bonds. The van der Waals surface area contributed by atoms with Crippen molar-refractivity contribution in [2.45, 2.75) is 85.2 Å². The second-order valence-corrected chi connectivity index (χ2v) is 9.26. The van der Waals surface area contributed by atoms with Crippen LogP contribution in [-0.2, 0) is 4.79 Å². The van der Waals surface area contributed by atoms with E-state index in [1.54, 1.807) is 17.1 Å². The number of nitrogens with zero attached hydrogens (tertiary/aromatic N) is 2. The Morgan fingerprint density at radius 1 is 1.33 bits per heavy atom. The summed E-state index contributed by atoms with van der Waals surface area (Å²) in [6.07, 6.45) is 10.8. The summed E-state index contributed by atoms with van der Waals surface area (Å²) >= 11 is 0. The minimum atomic E-state index is -0.550. The molecule has 1 unspecified atom stereocenters. The van der Waals surface area contributed by atoms with Gasteiger partial charge < -0.3 is 15.4 Å². The molecule has 1 saturated carbocycles. The van der Waals surface area contributed by atoms with Crippen LogP contribution in [0.1, 0.15) is 84.0 Å². The molecule has 0 bridgehead atoms. The first-order valence-corrected chi connectivity index (χ1v) is 11.1. The predicted molar refractivity (Wildman–Crippen MR) is 119 cm³/mol. The number of aromatic nitrogens is 2. The summed E-state index contributed by atoms with van der Waals surface area (Å²) in [5.74, 6) is 1.02. The minimum Gasteiger partial charge on any atom is -0.477 e. The number of carbonyl (C=O) groups is 2. The van der Waals surface area contributed by atoms with Crippen molar-refractivity contribution in [1.82, 2.24) is 20.4 Å². The van der Waals surface area contributed by atoms with E-state index in [1.807, 2.05) is 19.9 Å². The third-order valence-electron chi connectivity index (χ3n) is 5.43. The first kappa shape index (κ1) is 24.0. The first-order chi connectivity index (χ1) is 14.1. The van der Waals surface area contributed by atoms with Crippen LogP contribution in [-0.4, -0.2) is 39.8 Å². The summed E-state index contributed by atoms with van der Waals surface area (Å²) in [7, 11) is 0. The summed E-state index contributed by atoms with van der Waals surface area (Å²) in [5, 5.41) is 10.5. The predicted octanol–water partition coefficient (Wildman–Crippen LogP) is 4.00. The molecule has 7 heteroatoms. The summed E-state index contributed by atoms with van der Waals surface area (Å²) < 4.78 is 7.55. The molecule has 2 N–H and O–H groups in total. The molecule has 2 rings (SSSR count). The molecule has 1 heterocycles. The third kappa shape index (κ3) is 6.89. The van der Waals surface area contributed by atoms with Crippen molar-refractivity contribution < 1.29 is 14.3 Å². The van der Waals surface area contributed by atoms with Gasteiger partial charge in [-0.05, 0) is 44.6 Å². The molecule has 168 valence electrons. The Labute approximate surface area is 180 Å². The van der Waals surface area contributed by atoms with Crippen molar-refractivity contribution in [1.29, 1.82) is 0 Å². The van der Waals surface area contributed by atoms with Crippen LogP contribution >= 0.6 is 0 Å². The molecule has 0 aromatic carbocycles. The Kier molecular flexibility index (Phi) is 8.50. The second kappa shape index (κ2) is 10.6. The Bertz CT molecular complexity index is 752. The summed E-state index contributed by atoms with van der Waals surface area (Å²) in [5.41, 5.74) is -0.107. The van der Waals surface area contributed by atoms with Gasteiger partial charge in [0, 0.05) is 19.2 Å². The van der Waals surface area contributed by atoms with Crippen molar-refractivity contribution >= 4 is 18.0 Å². The Morgan fingerprint density at radius 2 is 2.03 bits per heavy atom. The number of amides is 2. The zero-order valence-electron chi connectivity index (χ0n) is 19.3. The summed E-state index contributed by atoms with van der Waals surface area (Å²) in [4.78, 5) is 24.5. The number of hydrogen-bond acceptors (Lipinski definition) is 4. The van der Waals surface area contributed by atoms with Gasteiger partial charge in [0.25, 0.3) is 5.91 Å². The molecule has 1 fully saturated rings. The molecule has 1 aromatic rings. The maximum atomic E-state index is 13.1. The molecular formula is C23H38N4O3. The first-order valence-electron chi connectivity index (χ1n) is 11.1. The van der Waals surface area contributed by atoms with E-state index in [2.05, 4.69) is 36.5 Å². The van der Waals surface area contributed by atoms with Crippen molar-refractivity contribution in [3.63, 3.8) is 0 Å². The molecule has 1 aliphatic carbocycles. The van der Waals surface area contributed by atoms with Gasteiger partial charge in [0.1, 0.15) is 5.56 Å². The average molecular weight is 419 g/mol. The molecule has 30 heavy (non-hydrogen) atoms. The Balaban J connectivity index is 2.24. The third-order valence-corrected chi connectivity index (χ3v) is 5.43. The second-order valence-electron chi connectivity index (χ2n) is 9.26. The molecule has 0 radical (unpaired) electrons. The van der Waals surface area contributed by atoms with Gasteiger partial charge in [-0.25, -0.2) is 4.68 Å². The smallest absolute Gasteiger partial charge is 0.258 e. The lowest BCUT2D eigenvalue weighted by atomic mass is 9.83. The Morgan fingerprint density at radius 3 is 2.67 bits per heavy atom. The van der Waals surface area contributed by atoms with Crippen LogP contribution in [0.25, 0.3) is 6.20 Å². The SMILES string of the molecule is CCC1CCCC[C@@H]1NC(=O)c1cnn(/C=C/C(C)(C)NC(C)=O)c1OCC(C)C. The number of rotatable bonds is 9. The molecule has 1 aliphatic rings. The normalized spacial score (nSPS) is 19.8. The molecule has 7 nitrogen and oxygen atoms in total. The van der Waals surface area contributed by atoms with Gasteiger partial charge in [-0.15, -0.1) is 0 Å². The lowest BCUT2D eigenvalue weighted by Gasteiger charge is -2.31. The van der Waals surface area contributed by atoms with Crippen molar-refractivity contribution in [2.75, 3.05) is 6.61 Å². The number of ether oxygens (including phenoxy) is 1. The molecule has 0 saturated heterocycles. The van der Waals surface area contributed by atoms with Crippen molar-refractivity contribution in [3.8, 4) is 5.88 Å². The fraction of sp³-hybridized carbons (Fsp3) is 0.696. The molecule has 0 spiro atoms. The highest BCUT2D eigenvalue weighted by atomic mass is 16.5. The topological polar surface area (TPSA) is 85.3 Å². The Hall–Kier alpha value is -2.31. The lowest BCUT2D eigenvalue weighted by molar-refractivity contribution is -0.120. The van der Waals surface area contributed by atoms with Gasteiger partial charge in [-0.2, -0.15) is 5.10 Å². The van der Waals surface area contributed by atoms with E-state index < -0.39 is 5.54 Å². The summed E-state index contributed by atoms with van der Waals surface area (Å²) in [6.45, 7) is 12.1. The highest BCUT2D eigenvalue weighted by molar-refractivity contribution is 5.96. The van der Waals surface area contributed by atoms with Crippen molar-refractivity contribution in [3.05, 3.63) is 17.8 Å². The number of nitrogens with one attached hydrogen (secondary N) is 2.